The summed E-state index contributed by atoms with van der Waals surface area (Å²) in [5, 5.41) is 3.00. The highest BCUT2D eigenvalue weighted by molar-refractivity contribution is 9.10. The summed E-state index contributed by atoms with van der Waals surface area (Å²) in [6.07, 6.45) is 0.0231. The van der Waals surface area contributed by atoms with Gasteiger partial charge >= 0.3 is 0 Å². The van der Waals surface area contributed by atoms with Crippen LogP contribution in [-0.4, -0.2) is 19.2 Å². The molecule has 0 unspecified atom stereocenters. The van der Waals surface area contributed by atoms with Crippen molar-refractivity contribution in [1.82, 2.24) is 5.32 Å². The van der Waals surface area contributed by atoms with Gasteiger partial charge in [-0.25, -0.2) is 8.78 Å². The van der Waals surface area contributed by atoms with E-state index in [9.17, 15) is 8.78 Å². The topological polar surface area (TPSA) is 21.3 Å². The highest BCUT2D eigenvalue weighted by Crippen LogP contribution is 2.25. The van der Waals surface area contributed by atoms with Crippen molar-refractivity contribution < 1.29 is 13.5 Å². The summed E-state index contributed by atoms with van der Waals surface area (Å²) in [6.45, 7) is 1.44. The molecule has 0 saturated carbocycles. The van der Waals surface area contributed by atoms with Gasteiger partial charge in [-0.1, -0.05) is 0 Å². The number of benzene rings is 1. The molecule has 0 bridgehead atoms. The van der Waals surface area contributed by atoms with Crippen LogP contribution in [0, 0.1) is 11.6 Å². The molecule has 2 rings (SSSR count). The summed E-state index contributed by atoms with van der Waals surface area (Å²) < 4.78 is 31.2. The second kappa shape index (κ2) is 3.82. The molecule has 0 spiro atoms. The van der Waals surface area contributed by atoms with E-state index in [1.165, 1.54) is 12.1 Å². The van der Waals surface area contributed by atoms with E-state index in [2.05, 4.69) is 21.2 Å². The second-order valence-corrected chi connectivity index (χ2v) is 3.89. The van der Waals surface area contributed by atoms with E-state index in [-0.39, 0.29) is 16.3 Å². The largest absolute Gasteiger partial charge is 0.488 e. The second-order valence-electron chi connectivity index (χ2n) is 3.10. The molecule has 1 heterocycles. The smallest absolute Gasteiger partial charge is 0.144 e. The van der Waals surface area contributed by atoms with E-state index in [0.717, 1.165) is 13.1 Å². The highest BCUT2D eigenvalue weighted by atomic mass is 79.9. The molecule has 0 aliphatic carbocycles. The monoisotopic (exact) mass is 263 g/mol. The Balaban J connectivity index is 2.17. The molecule has 5 heteroatoms. The van der Waals surface area contributed by atoms with E-state index in [0.29, 0.717) is 0 Å². The van der Waals surface area contributed by atoms with Crippen LogP contribution in [0.1, 0.15) is 0 Å². The van der Waals surface area contributed by atoms with Gasteiger partial charge in [-0.05, 0) is 15.9 Å². The Morgan fingerprint density at radius 3 is 2.29 bits per heavy atom. The Bertz CT molecular complexity index is 332. The Kier molecular flexibility index (Phi) is 2.69. The van der Waals surface area contributed by atoms with Crippen LogP contribution in [0.4, 0.5) is 8.78 Å². The minimum Gasteiger partial charge on any atom is -0.488 e. The molecule has 2 nitrogen and oxygen atoms in total. The van der Waals surface area contributed by atoms with Crippen molar-refractivity contribution >= 4 is 15.9 Å². The molecule has 0 amide bonds. The van der Waals surface area contributed by atoms with Crippen LogP contribution in [0.25, 0.3) is 0 Å². The summed E-state index contributed by atoms with van der Waals surface area (Å²) >= 11 is 2.79. The van der Waals surface area contributed by atoms with E-state index >= 15 is 0 Å². The predicted molar refractivity (Wildman–Crippen MR) is 51.3 cm³/mol. The fraction of sp³-hybridized carbons (Fsp3) is 0.333. The van der Waals surface area contributed by atoms with Gasteiger partial charge in [0.25, 0.3) is 0 Å². The zero-order chi connectivity index (χ0) is 10.1. The molecule has 0 atom stereocenters. The first kappa shape index (κ1) is 9.86. The number of hydrogen-bond acceptors (Lipinski definition) is 2. The lowest BCUT2D eigenvalue weighted by molar-refractivity contribution is 0.141. The minimum absolute atomic E-state index is 0.0231. The lowest BCUT2D eigenvalue weighted by atomic mass is 10.2. The maximum Gasteiger partial charge on any atom is 0.144 e. The van der Waals surface area contributed by atoms with Crippen LogP contribution in [0.15, 0.2) is 16.6 Å². The summed E-state index contributed by atoms with van der Waals surface area (Å²) in [5.41, 5.74) is 0. The average molecular weight is 264 g/mol. The zero-order valence-electron chi connectivity index (χ0n) is 7.19. The molecule has 0 aromatic heterocycles. The number of hydrogen-bond donors (Lipinski definition) is 1. The van der Waals surface area contributed by atoms with Crippen molar-refractivity contribution in [3.05, 3.63) is 28.2 Å². The Morgan fingerprint density at radius 2 is 1.86 bits per heavy atom. The average Bonchev–Trinajstić information content (AvgIpc) is 2.07. The van der Waals surface area contributed by atoms with Gasteiger partial charge in [-0.3, -0.25) is 0 Å². The third kappa shape index (κ3) is 1.88. The number of halogens is 3. The van der Waals surface area contributed by atoms with Gasteiger partial charge in [-0.2, -0.15) is 0 Å². The fourth-order valence-corrected chi connectivity index (χ4v) is 1.37. The third-order valence-corrected chi connectivity index (χ3v) is 2.76. The van der Waals surface area contributed by atoms with Gasteiger partial charge in [0.05, 0.1) is 4.47 Å². The third-order valence-electron chi connectivity index (χ3n) is 2.00. The van der Waals surface area contributed by atoms with Gasteiger partial charge in [0, 0.05) is 25.2 Å². The molecule has 1 aromatic rings. The Morgan fingerprint density at radius 1 is 1.29 bits per heavy atom. The first-order valence-electron chi connectivity index (χ1n) is 4.19. The zero-order valence-corrected chi connectivity index (χ0v) is 8.77. The van der Waals surface area contributed by atoms with Crippen molar-refractivity contribution in [3.63, 3.8) is 0 Å². The minimum atomic E-state index is -0.646. The SMILES string of the molecule is Fc1cc(OC2CNC2)cc(F)c1Br. The lowest BCUT2D eigenvalue weighted by Crippen LogP contribution is -2.50. The van der Waals surface area contributed by atoms with E-state index in [1.54, 1.807) is 0 Å². The summed E-state index contributed by atoms with van der Waals surface area (Å²) in [4.78, 5) is 0. The molecule has 1 saturated heterocycles. The molecular weight excluding hydrogens is 256 g/mol. The van der Waals surface area contributed by atoms with Crippen LogP contribution < -0.4 is 10.1 Å². The molecule has 0 radical (unpaired) electrons. The summed E-state index contributed by atoms with van der Waals surface area (Å²) in [7, 11) is 0. The number of ether oxygens (including phenoxy) is 1. The fourth-order valence-electron chi connectivity index (χ4n) is 1.14. The predicted octanol–water partition coefficient (Wildman–Crippen LogP) is 2.08. The maximum absolute atomic E-state index is 13.0. The molecule has 1 aromatic carbocycles. The van der Waals surface area contributed by atoms with E-state index in [4.69, 9.17) is 4.74 Å². The van der Waals surface area contributed by atoms with Gasteiger partial charge in [0.1, 0.15) is 23.5 Å². The first-order chi connectivity index (χ1) is 6.66. The molecular formula is C9H8BrF2NO. The summed E-state index contributed by atoms with van der Waals surface area (Å²) in [6, 6.07) is 2.34. The van der Waals surface area contributed by atoms with Gasteiger partial charge in [0.2, 0.25) is 0 Å². The van der Waals surface area contributed by atoms with Crippen molar-refractivity contribution in [3.8, 4) is 5.75 Å². The quantitative estimate of drug-likeness (QED) is 0.826. The Hall–Kier alpha value is -0.680. The molecule has 1 aliphatic rings. The van der Waals surface area contributed by atoms with Crippen LogP contribution in [0.5, 0.6) is 5.75 Å². The van der Waals surface area contributed by atoms with Crippen molar-refractivity contribution in [2.45, 2.75) is 6.10 Å². The standard InChI is InChI=1S/C9H8BrF2NO/c10-9-7(11)1-5(2-8(9)12)14-6-3-13-4-6/h1-2,6,13H,3-4H2. The Labute approximate surface area is 88.4 Å². The first-order valence-corrected chi connectivity index (χ1v) is 4.98. The lowest BCUT2D eigenvalue weighted by Gasteiger charge is -2.27. The van der Waals surface area contributed by atoms with Crippen LogP contribution in [-0.2, 0) is 0 Å². The normalized spacial score (nSPS) is 16.5. The summed E-state index contributed by atoms with van der Waals surface area (Å²) in [5.74, 6) is -1.06. The maximum atomic E-state index is 13.0. The molecule has 76 valence electrons. The van der Waals surface area contributed by atoms with Crippen LogP contribution in [0.2, 0.25) is 0 Å². The van der Waals surface area contributed by atoms with E-state index in [1.807, 2.05) is 0 Å². The molecule has 14 heavy (non-hydrogen) atoms. The van der Waals surface area contributed by atoms with Crippen molar-refractivity contribution in [2.75, 3.05) is 13.1 Å². The van der Waals surface area contributed by atoms with E-state index < -0.39 is 11.6 Å². The molecule has 1 N–H and O–H groups in total. The van der Waals surface area contributed by atoms with Crippen molar-refractivity contribution in [2.24, 2.45) is 0 Å². The van der Waals surface area contributed by atoms with Crippen LogP contribution >= 0.6 is 15.9 Å². The van der Waals surface area contributed by atoms with Gasteiger partial charge in [0.15, 0.2) is 0 Å². The molecule has 1 aliphatic heterocycles. The van der Waals surface area contributed by atoms with Gasteiger partial charge in [-0.15, -0.1) is 0 Å². The van der Waals surface area contributed by atoms with Gasteiger partial charge < -0.3 is 10.1 Å². The number of nitrogens with one attached hydrogen (secondary N) is 1. The van der Waals surface area contributed by atoms with Crippen LogP contribution in [0.3, 0.4) is 0 Å². The number of rotatable bonds is 2. The van der Waals surface area contributed by atoms with Crippen molar-refractivity contribution in [1.29, 1.82) is 0 Å². The molecule has 1 fully saturated rings. The highest BCUT2D eigenvalue weighted by Gasteiger charge is 2.19.